The lowest BCUT2D eigenvalue weighted by atomic mass is 9.80. The van der Waals surface area contributed by atoms with Crippen LogP contribution in [-0.4, -0.2) is 47.8 Å². The van der Waals surface area contributed by atoms with Gasteiger partial charge in [-0.2, -0.15) is 17.4 Å². The standard InChI is InChI=1S/C22H26ClFN4O5S2/c1-28-18(21(31)26-14-6-7-16(24)15(23)9-14)10-17(27-35(28,32)33)22-25-11-19(34-22)13-4-2-12(3-5-13)8-20(29)30/h6-7,9,11-13,17-18,27H,2-5,8,10H2,1H3,(H,26,31)(H,29,30). The van der Waals surface area contributed by atoms with E-state index in [1.54, 1.807) is 6.20 Å². The average Bonchev–Trinajstić information content (AvgIpc) is 3.28. The first kappa shape index (κ1) is 26.0. The molecule has 0 radical (unpaired) electrons. The number of carboxylic acids is 1. The average molecular weight is 545 g/mol. The van der Waals surface area contributed by atoms with Crippen molar-refractivity contribution in [1.29, 1.82) is 0 Å². The Morgan fingerprint density at radius 2 is 2.03 bits per heavy atom. The molecule has 2 atom stereocenters. The summed E-state index contributed by atoms with van der Waals surface area (Å²) in [7, 11) is -2.62. The van der Waals surface area contributed by atoms with Crippen LogP contribution in [0.1, 0.15) is 60.4 Å². The van der Waals surface area contributed by atoms with Crippen molar-refractivity contribution in [3.05, 3.63) is 45.1 Å². The zero-order valence-electron chi connectivity index (χ0n) is 18.9. The van der Waals surface area contributed by atoms with Crippen molar-refractivity contribution in [2.75, 3.05) is 12.4 Å². The molecule has 0 spiro atoms. The topological polar surface area (TPSA) is 129 Å². The van der Waals surface area contributed by atoms with Gasteiger partial charge in [0, 0.05) is 30.2 Å². The summed E-state index contributed by atoms with van der Waals surface area (Å²) in [5.74, 6) is -1.51. The van der Waals surface area contributed by atoms with Crippen LogP contribution in [0.5, 0.6) is 0 Å². The molecule has 0 bridgehead atoms. The van der Waals surface area contributed by atoms with Gasteiger partial charge in [0.25, 0.3) is 10.2 Å². The lowest BCUT2D eigenvalue weighted by Gasteiger charge is -2.35. The second-order valence-corrected chi connectivity index (χ2v) is 12.2. The van der Waals surface area contributed by atoms with Gasteiger partial charge in [-0.25, -0.2) is 9.37 Å². The maximum atomic E-state index is 13.4. The molecular weight excluding hydrogens is 519 g/mol. The molecule has 1 aliphatic carbocycles. The minimum atomic E-state index is -3.95. The fraction of sp³-hybridized carbons (Fsp3) is 0.500. The zero-order valence-corrected chi connectivity index (χ0v) is 21.3. The highest BCUT2D eigenvalue weighted by Gasteiger charge is 2.42. The van der Waals surface area contributed by atoms with Gasteiger partial charge in [-0.05, 0) is 62.1 Å². The molecule has 35 heavy (non-hydrogen) atoms. The van der Waals surface area contributed by atoms with Crippen LogP contribution in [0, 0.1) is 11.7 Å². The van der Waals surface area contributed by atoms with Crippen LogP contribution >= 0.6 is 22.9 Å². The summed E-state index contributed by atoms with van der Waals surface area (Å²) in [5, 5.41) is 12.0. The lowest BCUT2D eigenvalue weighted by Crippen LogP contribution is -2.55. The Balaban J connectivity index is 1.46. The largest absolute Gasteiger partial charge is 0.481 e. The van der Waals surface area contributed by atoms with E-state index in [-0.39, 0.29) is 35.4 Å². The van der Waals surface area contributed by atoms with Crippen LogP contribution in [0.15, 0.2) is 24.4 Å². The molecule has 190 valence electrons. The second-order valence-electron chi connectivity index (χ2n) is 8.98. The fourth-order valence-corrected chi connectivity index (χ4v) is 7.28. The number of nitrogens with zero attached hydrogens (tertiary/aromatic N) is 2. The fourth-order valence-electron chi connectivity index (χ4n) is 4.62. The Kier molecular flexibility index (Phi) is 7.77. The highest BCUT2D eigenvalue weighted by Crippen LogP contribution is 2.41. The Hall–Kier alpha value is -2.12. The molecule has 4 rings (SSSR count). The van der Waals surface area contributed by atoms with Crippen LogP contribution in [-0.2, 0) is 19.8 Å². The van der Waals surface area contributed by atoms with E-state index in [9.17, 15) is 22.4 Å². The number of carbonyl (C=O) groups excluding carboxylic acids is 1. The van der Waals surface area contributed by atoms with Crippen LogP contribution in [0.2, 0.25) is 5.02 Å². The number of amides is 1. The van der Waals surface area contributed by atoms with E-state index in [4.69, 9.17) is 16.7 Å². The van der Waals surface area contributed by atoms with Gasteiger partial charge in [-0.1, -0.05) is 11.6 Å². The van der Waals surface area contributed by atoms with Gasteiger partial charge in [0.1, 0.15) is 16.9 Å². The molecule has 1 aromatic heterocycles. The van der Waals surface area contributed by atoms with Gasteiger partial charge in [-0.3, -0.25) is 9.59 Å². The molecule has 3 N–H and O–H groups in total. The molecule has 2 unspecified atom stereocenters. The minimum Gasteiger partial charge on any atom is -0.481 e. The summed E-state index contributed by atoms with van der Waals surface area (Å²) in [6.45, 7) is 0. The number of nitrogens with one attached hydrogen (secondary N) is 2. The smallest absolute Gasteiger partial charge is 0.303 e. The predicted molar refractivity (Wildman–Crippen MR) is 130 cm³/mol. The third-order valence-corrected chi connectivity index (χ3v) is 9.77. The first-order chi connectivity index (χ1) is 16.5. The van der Waals surface area contributed by atoms with Crippen molar-refractivity contribution in [3.8, 4) is 0 Å². The van der Waals surface area contributed by atoms with Gasteiger partial charge in [0.15, 0.2) is 0 Å². The number of anilines is 1. The van der Waals surface area contributed by atoms with Gasteiger partial charge in [0.05, 0.1) is 11.1 Å². The lowest BCUT2D eigenvalue weighted by molar-refractivity contribution is -0.138. The monoisotopic (exact) mass is 544 g/mol. The van der Waals surface area contributed by atoms with E-state index in [1.807, 2.05) is 0 Å². The maximum absolute atomic E-state index is 13.4. The van der Waals surface area contributed by atoms with Gasteiger partial charge >= 0.3 is 5.97 Å². The summed E-state index contributed by atoms with van der Waals surface area (Å²) in [6.07, 6.45) is 5.50. The highest BCUT2D eigenvalue weighted by molar-refractivity contribution is 7.87. The number of thiazole rings is 1. The number of aromatic nitrogens is 1. The third-order valence-electron chi connectivity index (χ3n) is 6.61. The summed E-state index contributed by atoms with van der Waals surface area (Å²) in [5.41, 5.74) is 0.261. The number of hydrogen-bond acceptors (Lipinski definition) is 6. The van der Waals surface area contributed by atoms with E-state index < -0.39 is 40.0 Å². The summed E-state index contributed by atoms with van der Waals surface area (Å²) in [4.78, 5) is 29.4. The van der Waals surface area contributed by atoms with Crippen molar-refractivity contribution in [3.63, 3.8) is 0 Å². The Labute approximate surface area is 211 Å². The Bertz CT molecular complexity index is 1220. The summed E-state index contributed by atoms with van der Waals surface area (Å²) >= 11 is 7.20. The van der Waals surface area contributed by atoms with E-state index >= 15 is 0 Å². The number of halogens is 2. The Morgan fingerprint density at radius 1 is 1.31 bits per heavy atom. The van der Waals surface area contributed by atoms with E-state index in [0.29, 0.717) is 5.01 Å². The molecule has 2 heterocycles. The normalized spacial score (nSPS) is 26.8. The van der Waals surface area contributed by atoms with Gasteiger partial charge in [0.2, 0.25) is 5.91 Å². The molecular formula is C22H26ClFN4O5S2. The predicted octanol–water partition coefficient (Wildman–Crippen LogP) is 3.90. The van der Waals surface area contributed by atoms with Crippen LogP contribution < -0.4 is 10.0 Å². The van der Waals surface area contributed by atoms with Crippen molar-refractivity contribution >= 4 is 50.7 Å². The second kappa shape index (κ2) is 10.5. The third kappa shape index (κ3) is 6.00. The molecule has 1 aliphatic heterocycles. The number of carboxylic acid groups (broad SMARTS) is 1. The maximum Gasteiger partial charge on any atom is 0.303 e. The van der Waals surface area contributed by atoms with E-state index in [0.717, 1.165) is 40.9 Å². The number of aliphatic carboxylic acids is 1. The number of rotatable bonds is 6. The quantitative estimate of drug-likeness (QED) is 0.506. The molecule has 2 fully saturated rings. The first-order valence-corrected chi connectivity index (χ1v) is 13.9. The molecule has 13 heteroatoms. The molecule has 1 saturated heterocycles. The van der Waals surface area contributed by atoms with Crippen LogP contribution in [0.25, 0.3) is 0 Å². The summed E-state index contributed by atoms with van der Waals surface area (Å²) in [6, 6.07) is 2.06. The van der Waals surface area contributed by atoms with Crippen molar-refractivity contribution < 1.29 is 27.5 Å². The van der Waals surface area contributed by atoms with Gasteiger partial charge in [-0.15, -0.1) is 11.3 Å². The molecule has 1 saturated carbocycles. The number of hydrogen-bond donors (Lipinski definition) is 3. The summed E-state index contributed by atoms with van der Waals surface area (Å²) < 4.78 is 42.5. The van der Waals surface area contributed by atoms with E-state index in [2.05, 4.69) is 15.0 Å². The van der Waals surface area contributed by atoms with Crippen LogP contribution in [0.3, 0.4) is 0 Å². The van der Waals surface area contributed by atoms with E-state index in [1.165, 1.54) is 30.5 Å². The Morgan fingerprint density at radius 3 is 2.69 bits per heavy atom. The SMILES string of the molecule is CN1C(C(=O)Nc2ccc(F)c(Cl)c2)CC(c2ncc(C3CCC(CC(=O)O)CC3)s2)NS1(=O)=O. The first-order valence-electron chi connectivity index (χ1n) is 11.2. The van der Waals surface area contributed by atoms with Gasteiger partial charge < -0.3 is 10.4 Å². The molecule has 1 amide bonds. The molecule has 1 aromatic carbocycles. The van der Waals surface area contributed by atoms with Crippen molar-refractivity contribution in [1.82, 2.24) is 14.0 Å². The molecule has 2 aliphatic rings. The molecule has 2 aromatic rings. The number of benzene rings is 1. The number of carbonyl (C=O) groups is 2. The zero-order chi connectivity index (χ0) is 25.3. The van der Waals surface area contributed by atoms with Crippen molar-refractivity contribution in [2.45, 2.75) is 56.5 Å². The highest BCUT2D eigenvalue weighted by atomic mass is 35.5. The minimum absolute atomic E-state index is 0.153. The van der Waals surface area contributed by atoms with Crippen molar-refractivity contribution in [2.24, 2.45) is 5.92 Å². The molecule has 9 nitrogen and oxygen atoms in total. The van der Waals surface area contributed by atoms with Crippen LogP contribution in [0.4, 0.5) is 10.1 Å². The number of likely N-dealkylation sites (N-methyl/N-ethyl adjacent to an activating group) is 1.